The molecule has 0 aromatic rings. The van der Waals surface area contributed by atoms with Gasteiger partial charge in [0.05, 0.1) is 19.8 Å². The highest BCUT2D eigenvalue weighted by Gasteiger charge is 2.41. The molecule has 0 radical (unpaired) electrons. The number of carbonyl (C=O) groups excluding carboxylic acids is 1. The van der Waals surface area contributed by atoms with Crippen molar-refractivity contribution < 1.29 is 23.1 Å². The number of allylic oxidation sites excluding steroid dienone is 6. The minimum absolute atomic E-state index is 0.230. The molecular formula is C25H45O5P. The fraction of sp³-hybridized carbons (Fsp3) is 0.720. The SMILES string of the molecule is CCOC(=O)C(CCC/C=C(\C)CC/C=C(\C)CCC=C(C)C)P(=O)(OCC)OCC. The van der Waals surface area contributed by atoms with Crippen LogP contribution in [-0.2, 0) is 23.1 Å². The average Bonchev–Trinajstić information content (AvgIpc) is 2.68. The summed E-state index contributed by atoms with van der Waals surface area (Å²) >= 11 is 0. The summed E-state index contributed by atoms with van der Waals surface area (Å²) in [5.41, 5.74) is 3.27. The number of unbranched alkanes of at least 4 members (excludes halogenated alkanes) is 1. The second-order valence-electron chi connectivity index (χ2n) is 8.03. The lowest BCUT2D eigenvalue weighted by Crippen LogP contribution is -2.26. The van der Waals surface area contributed by atoms with Crippen LogP contribution in [0.2, 0.25) is 0 Å². The first-order valence-electron chi connectivity index (χ1n) is 11.7. The Morgan fingerprint density at radius 2 is 1.32 bits per heavy atom. The van der Waals surface area contributed by atoms with Crippen molar-refractivity contribution in [2.75, 3.05) is 19.8 Å². The van der Waals surface area contributed by atoms with Crippen LogP contribution in [0.25, 0.3) is 0 Å². The van der Waals surface area contributed by atoms with Crippen LogP contribution in [0, 0.1) is 0 Å². The van der Waals surface area contributed by atoms with Crippen molar-refractivity contribution in [3.63, 3.8) is 0 Å². The van der Waals surface area contributed by atoms with Crippen molar-refractivity contribution in [2.45, 2.75) is 99.1 Å². The van der Waals surface area contributed by atoms with Crippen LogP contribution in [0.3, 0.4) is 0 Å². The lowest BCUT2D eigenvalue weighted by molar-refractivity contribution is -0.143. The molecule has 6 heteroatoms. The zero-order valence-corrected chi connectivity index (χ0v) is 21.8. The Morgan fingerprint density at radius 3 is 1.81 bits per heavy atom. The number of rotatable bonds is 17. The fourth-order valence-corrected chi connectivity index (χ4v) is 5.20. The van der Waals surface area contributed by atoms with Gasteiger partial charge in [-0.05, 0) is 93.4 Å². The zero-order chi connectivity index (χ0) is 23.7. The van der Waals surface area contributed by atoms with Gasteiger partial charge in [-0.15, -0.1) is 0 Å². The van der Waals surface area contributed by atoms with Gasteiger partial charge in [-0.3, -0.25) is 9.36 Å². The van der Waals surface area contributed by atoms with Crippen molar-refractivity contribution in [3.05, 3.63) is 34.9 Å². The Bertz CT molecular complexity index is 634. The van der Waals surface area contributed by atoms with E-state index in [9.17, 15) is 9.36 Å². The molecule has 1 atom stereocenters. The largest absolute Gasteiger partial charge is 0.465 e. The van der Waals surface area contributed by atoms with Gasteiger partial charge in [0, 0.05) is 0 Å². The summed E-state index contributed by atoms with van der Waals surface area (Å²) in [6.07, 6.45) is 13.1. The first-order valence-corrected chi connectivity index (χ1v) is 13.3. The molecule has 0 aliphatic heterocycles. The Labute approximate surface area is 190 Å². The predicted octanol–water partition coefficient (Wildman–Crippen LogP) is 7.77. The van der Waals surface area contributed by atoms with Gasteiger partial charge in [-0.2, -0.15) is 0 Å². The fourth-order valence-electron chi connectivity index (χ4n) is 3.22. The van der Waals surface area contributed by atoms with Crippen molar-refractivity contribution in [2.24, 2.45) is 0 Å². The van der Waals surface area contributed by atoms with Gasteiger partial charge in [0.1, 0.15) is 0 Å². The van der Waals surface area contributed by atoms with Gasteiger partial charge < -0.3 is 13.8 Å². The molecule has 0 amide bonds. The maximum atomic E-state index is 13.1. The number of hydrogen-bond acceptors (Lipinski definition) is 5. The number of hydrogen-bond donors (Lipinski definition) is 0. The van der Waals surface area contributed by atoms with Crippen LogP contribution in [0.15, 0.2) is 34.9 Å². The minimum atomic E-state index is -3.53. The van der Waals surface area contributed by atoms with Crippen LogP contribution < -0.4 is 0 Å². The molecule has 0 aliphatic rings. The zero-order valence-electron chi connectivity index (χ0n) is 20.9. The number of esters is 1. The molecule has 0 aromatic heterocycles. The highest BCUT2D eigenvalue weighted by atomic mass is 31.2. The van der Waals surface area contributed by atoms with Crippen molar-refractivity contribution in [1.29, 1.82) is 0 Å². The highest BCUT2D eigenvalue weighted by Crippen LogP contribution is 2.55. The quantitative estimate of drug-likeness (QED) is 0.0968. The van der Waals surface area contributed by atoms with E-state index < -0.39 is 19.2 Å². The predicted molar refractivity (Wildman–Crippen MR) is 131 cm³/mol. The first-order chi connectivity index (χ1) is 14.7. The third-order valence-electron chi connectivity index (χ3n) is 4.86. The lowest BCUT2D eigenvalue weighted by atomic mass is 10.1. The lowest BCUT2D eigenvalue weighted by Gasteiger charge is -2.24. The van der Waals surface area contributed by atoms with E-state index in [1.54, 1.807) is 20.8 Å². The topological polar surface area (TPSA) is 61.8 Å². The van der Waals surface area contributed by atoms with Crippen LogP contribution in [0.4, 0.5) is 0 Å². The molecule has 0 heterocycles. The van der Waals surface area contributed by atoms with Gasteiger partial charge in [0.2, 0.25) is 0 Å². The second kappa shape index (κ2) is 17.4. The molecule has 1 unspecified atom stereocenters. The van der Waals surface area contributed by atoms with Gasteiger partial charge in [-0.25, -0.2) is 0 Å². The molecule has 0 N–H and O–H groups in total. The van der Waals surface area contributed by atoms with E-state index in [0.717, 1.165) is 38.5 Å². The second-order valence-corrected chi connectivity index (χ2v) is 10.3. The maximum absolute atomic E-state index is 13.1. The summed E-state index contributed by atoms with van der Waals surface area (Å²) in [6, 6.07) is 0. The molecular weight excluding hydrogens is 411 g/mol. The van der Waals surface area contributed by atoms with Crippen LogP contribution >= 0.6 is 7.60 Å². The van der Waals surface area contributed by atoms with E-state index >= 15 is 0 Å². The molecule has 0 aromatic carbocycles. The van der Waals surface area contributed by atoms with Crippen molar-refractivity contribution in [1.82, 2.24) is 0 Å². The summed E-state index contributed by atoms with van der Waals surface area (Å²) in [4.78, 5) is 12.4. The van der Waals surface area contributed by atoms with Gasteiger partial charge in [0.25, 0.3) is 0 Å². The van der Waals surface area contributed by atoms with E-state index in [-0.39, 0.29) is 19.8 Å². The van der Waals surface area contributed by atoms with E-state index in [1.165, 1.54) is 16.7 Å². The summed E-state index contributed by atoms with van der Waals surface area (Å²) in [6.45, 7) is 14.5. The third-order valence-corrected chi connectivity index (χ3v) is 7.32. The summed E-state index contributed by atoms with van der Waals surface area (Å²) in [5.74, 6) is -0.498. The Hall–Kier alpha value is -1.16. The van der Waals surface area contributed by atoms with Gasteiger partial charge in [0.15, 0.2) is 5.66 Å². The average molecular weight is 457 g/mol. The number of ether oxygens (including phenoxy) is 1. The number of carbonyl (C=O) groups is 1. The summed E-state index contributed by atoms with van der Waals surface area (Å²) < 4.78 is 29.0. The summed E-state index contributed by atoms with van der Waals surface area (Å²) in [7, 11) is -3.53. The standard InChI is InChI=1S/C25H45O5P/c1-8-28-25(26)24(31(27,29-9-2)30-10-3)20-12-11-16-22(6)18-14-19-23(7)17-13-15-21(4)5/h15-16,19,24H,8-14,17-18,20H2,1-7H3/b22-16+,23-19+. The molecule has 0 saturated heterocycles. The Balaban J connectivity index is 4.69. The molecule has 0 bridgehead atoms. The van der Waals surface area contributed by atoms with Crippen LogP contribution in [-0.4, -0.2) is 31.4 Å². The normalized spacial score (nSPS) is 13.8. The Morgan fingerprint density at radius 1 is 0.806 bits per heavy atom. The molecule has 31 heavy (non-hydrogen) atoms. The molecule has 0 rings (SSSR count). The highest BCUT2D eigenvalue weighted by molar-refractivity contribution is 7.55. The minimum Gasteiger partial charge on any atom is -0.465 e. The molecule has 0 spiro atoms. The maximum Gasteiger partial charge on any atom is 0.344 e. The first kappa shape index (κ1) is 29.8. The van der Waals surface area contributed by atoms with Gasteiger partial charge >= 0.3 is 13.6 Å². The van der Waals surface area contributed by atoms with E-state index in [4.69, 9.17) is 13.8 Å². The van der Waals surface area contributed by atoms with Crippen molar-refractivity contribution >= 4 is 13.6 Å². The molecule has 0 aliphatic carbocycles. The van der Waals surface area contributed by atoms with E-state index in [0.29, 0.717) is 6.42 Å². The molecule has 0 fully saturated rings. The molecule has 0 saturated carbocycles. The van der Waals surface area contributed by atoms with Gasteiger partial charge in [-0.1, -0.05) is 34.9 Å². The van der Waals surface area contributed by atoms with E-state index in [1.807, 2.05) is 0 Å². The van der Waals surface area contributed by atoms with Crippen LogP contribution in [0.5, 0.6) is 0 Å². The third kappa shape index (κ3) is 13.8. The molecule has 5 nitrogen and oxygen atoms in total. The Kier molecular flexibility index (Phi) is 16.8. The van der Waals surface area contributed by atoms with Crippen LogP contribution in [0.1, 0.15) is 93.4 Å². The van der Waals surface area contributed by atoms with E-state index in [2.05, 4.69) is 45.9 Å². The molecule has 180 valence electrons. The smallest absolute Gasteiger partial charge is 0.344 e. The monoisotopic (exact) mass is 456 g/mol. The summed E-state index contributed by atoms with van der Waals surface area (Å²) in [5, 5.41) is 0. The van der Waals surface area contributed by atoms with Crippen molar-refractivity contribution in [3.8, 4) is 0 Å².